The number of amides is 1. The molecule has 0 radical (unpaired) electrons. The Balaban J connectivity index is 2.32. The first-order chi connectivity index (χ1) is 10.2. The maximum atomic E-state index is 13.5. The van der Waals surface area contributed by atoms with Crippen LogP contribution in [0.4, 0.5) is 9.18 Å². The maximum absolute atomic E-state index is 13.5. The predicted octanol–water partition coefficient (Wildman–Crippen LogP) is 4.84. The SMILES string of the molecule is C=C(C)[C@H]1CC[C@@H](c2cccc(F)c2)N1C(=O)OC(C)(C)C. The molecule has 120 valence electrons. The van der Waals surface area contributed by atoms with Crippen LogP contribution in [0.3, 0.4) is 0 Å². The van der Waals surface area contributed by atoms with Gasteiger partial charge in [-0.2, -0.15) is 0 Å². The van der Waals surface area contributed by atoms with Crippen LogP contribution in [0, 0.1) is 5.82 Å². The van der Waals surface area contributed by atoms with Crippen molar-refractivity contribution in [1.29, 1.82) is 0 Å². The Kier molecular flexibility index (Phi) is 4.59. The summed E-state index contributed by atoms with van der Waals surface area (Å²) < 4.78 is 19.1. The summed E-state index contributed by atoms with van der Waals surface area (Å²) in [4.78, 5) is 14.3. The molecule has 22 heavy (non-hydrogen) atoms. The zero-order valence-electron chi connectivity index (χ0n) is 13.7. The summed E-state index contributed by atoms with van der Waals surface area (Å²) >= 11 is 0. The first-order valence-electron chi connectivity index (χ1n) is 7.61. The minimum atomic E-state index is -0.564. The summed E-state index contributed by atoms with van der Waals surface area (Å²) in [6.07, 6.45) is 1.22. The molecule has 0 unspecified atom stereocenters. The number of benzene rings is 1. The highest BCUT2D eigenvalue weighted by Gasteiger charge is 2.40. The van der Waals surface area contributed by atoms with Gasteiger partial charge in [-0.1, -0.05) is 24.3 Å². The summed E-state index contributed by atoms with van der Waals surface area (Å²) in [5.74, 6) is -0.291. The van der Waals surface area contributed by atoms with Crippen molar-refractivity contribution in [3.8, 4) is 0 Å². The fraction of sp³-hybridized carbons (Fsp3) is 0.500. The first-order valence-corrected chi connectivity index (χ1v) is 7.61. The van der Waals surface area contributed by atoms with Crippen molar-refractivity contribution in [3.05, 3.63) is 47.8 Å². The van der Waals surface area contributed by atoms with E-state index in [0.717, 1.165) is 24.0 Å². The number of carbonyl (C=O) groups excluding carboxylic acids is 1. The lowest BCUT2D eigenvalue weighted by atomic mass is 10.0. The van der Waals surface area contributed by atoms with Crippen LogP contribution in [0.2, 0.25) is 0 Å². The van der Waals surface area contributed by atoms with E-state index >= 15 is 0 Å². The molecule has 2 rings (SSSR count). The van der Waals surface area contributed by atoms with Gasteiger partial charge in [0.1, 0.15) is 11.4 Å². The van der Waals surface area contributed by atoms with Gasteiger partial charge >= 0.3 is 6.09 Å². The molecule has 0 saturated carbocycles. The molecule has 1 heterocycles. The molecule has 1 aliphatic rings. The number of nitrogens with zero attached hydrogens (tertiary/aromatic N) is 1. The Morgan fingerprint density at radius 3 is 2.59 bits per heavy atom. The lowest BCUT2D eigenvalue weighted by Crippen LogP contribution is -2.41. The molecule has 0 N–H and O–H groups in total. The highest BCUT2D eigenvalue weighted by Crippen LogP contribution is 2.39. The highest BCUT2D eigenvalue weighted by molar-refractivity contribution is 5.70. The summed E-state index contributed by atoms with van der Waals surface area (Å²) in [5, 5.41) is 0. The number of ether oxygens (including phenoxy) is 1. The smallest absolute Gasteiger partial charge is 0.411 e. The predicted molar refractivity (Wildman–Crippen MR) is 85.1 cm³/mol. The second kappa shape index (κ2) is 6.11. The topological polar surface area (TPSA) is 29.5 Å². The van der Waals surface area contributed by atoms with Crippen LogP contribution in [0.25, 0.3) is 0 Å². The minimum absolute atomic E-state index is 0.0666. The Morgan fingerprint density at radius 1 is 1.36 bits per heavy atom. The summed E-state index contributed by atoms with van der Waals surface area (Å²) in [5.41, 5.74) is 1.16. The molecular weight excluding hydrogens is 281 g/mol. The van der Waals surface area contributed by atoms with Crippen LogP contribution in [-0.4, -0.2) is 22.6 Å². The zero-order valence-corrected chi connectivity index (χ0v) is 13.7. The number of halogens is 1. The molecule has 2 atom stereocenters. The van der Waals surface area contributed by atoms with Crippen LogP contribution >= 0.6 is 0 Å². The Bertz CT molecular complexity index is 577. The molecule has 0 aliphatic carbocycles. The molecule has 1 saturated heterocycles. The van der Waals surface area contributed by atoms with Gasteiger partial charge in [0.05, 0.1) is 12.1 Å². The number of rotatable bonds is 2. The minimum Gasteiger partial charge on any atom is -0.444 e. The highest BCUT2D eigenvalue weighted by atomic mass is 19.1. The number of likely N-dealkylation sites (tertiary alicyclic amines) is 1. The van der Waals surface area contributed by atoms with Crippen LogP contribution < -0.4 is 0 Å². The van der Waals surface area contributed by atoms with Crippen molar-refractivity contribution in [2.45, 2.75) is 58.2 Å². The molecule has 1 aliphatic heterocycles. The van der Waals surface area contributed by atoms with E-state index in [1.807, 2.05) is 33.8 Å². The maximum Gasteiger partial charge on any atom is 0.411 e. The third-order valence-corrected chi connectivity index (χ3v) is 3.79. The first kappa shape index (κ1) is 16.5. The van der Waals surface area contributed by atoms with E-state index in [1.54, 1.807) is 11.0 Å². The largest absolute Gasteiger partial charge is 0.444 e. The van der Waals surface area contributed by atoms with Gasteiger partial charge < -0.3 is 4.74 Å². The van der Waals surface area contributed by atoms with Crippen LogP contribution in [0.1, 0.15) is 52.1 Å². The fourth-order valence-electron chi connectivity index (χ4n) is 2.91. The third kappa shape index (κ3) is 3.67. The van der Waals surface area contributed by atoms with Crippen LogP contribution in [-0.2, 0) is 4.74 Å². The molecular formula is C18H24FNO2. The molecule has 3 nitrogen and oxygen atoms in total. The molecule has 0 aromatic heterocycles. The van der Waals surface area contributed by atoms with Gasteiger partial charge in [0, 0.05) is 0 Å². The molecule has 4 heteroatoms. The average molecular weight is 305 g/mol. The van der Waals surface area contributed by atoms with Crippen LogP contribution in [0.15, 0.2) is 36.4 Å². The Labute approximate surface area is 131 Å². The quantitative estimate of drug-likeness (QED) is 0.731. The van der Waals surface area contributed by atoms with Crippen molar-refractivity contribution in [2.75, 3.05) is 0 Å². The van der Waals surface area contributed by atoms with Gasteiger partial charge in [0.15, 0.2) is 0 Å². The molecule has 1 aromatic rings. The molecule has 1 fully saturated rings. The Morgan fingerprint density at radius 2 is 2.05 bits per heavy atom. The van der Waals surface area contributed by atoms with E-state index in [2.05, 4.69) is 6.58 Å². The second-order valence-corrected chi connectivity index (χ2v) is 6.90. The lowest BCUT2D eigenvalue weighted by molar-refractivity contribution is 0.0170. The summed E-state index contributed by atoms with van der Waals surface area (Å²) in [6.45, 7) is 11.4. The lowest BCUT2D eigenvalue weighted by Gasteiger charge is -2.33. The average Bonchev–Trinajstić information content (AvgIpc) is 2.81. The Hall–Kier alpha value is -1.84. The number of hydrogen-bond donors (Lipinski definition) is 0. The standard InChI is InChI=1S/C18H24FNO2/c1-12(2)15-9-10-16(13-7-6-8-14(19)11-13)20(15)17(21)22-18(3,4)5/h6-8,11,15-16H,1,9-10H2,2-5H3/t15-,16+/m1/s1. The van der Waals surface area contributed by atoms with Gasteiger partial charge in [-0.05, 0) is 58.2 Å². The van der Waals surface area contributed by atoms with E-state index in [9.17, 15) is 9.18 Å². The van der Waals surface area contributed by atoms with Crippen LogP contribution in [0.5, 0.6) is 0 Å². The van der Waals surface area contributed by atoms with E-state index < -0.39 is 5.60 Å². The zero-order chi connectivity index (χ0) is 16.5. The number of carbonyl (C=O) groups is 1. The van der Waals surface area contributed by atoms with Gasteiger partial charge in [0.25, 0.3) is 0 Å². The van der Waals surface area contributed by atoms with E-state index in [-0.39, 0.29) is 24.0 Å². The summed E-state index contributed by atoms with van der Waals surface area (Å²) in [6, 6.07) is 6.18. The monoisotopic (exact) mass is 305 g/mol. The van der Waals surface area contributed by atoms with Gasteiger partial charge in [-0.3, -0.25) is 4.90 Å². The summed E-state index contributed by atoms with van der Waals surface area (Å²) in [7, 11) is 0. The molecule has 0 bridgehead atoms. The van der Waals surface area contributed by atoms with Gasteiger partial charge in [0.2, 0.25) is 0 Å². The number of hydrogen-bond acceptors (Lipinski definition) is 2. The van der Waals surface area contributed by atoms with Crippen molar-refractivity contribution in [3.63, 3.8) is 0 Å². The van der Waals surface area contributed by atoms with E-state index in [4.69, 9.17) is 4.74 Å². The van der Waals surface area contributed by atoms with E-state index in [1.165, 1.54) is 12.1 Å². The molecule has 1 aromatic carbocycles. The normalized spacial score (nSPS) is 21.8. The molecule has 1 amide bonds. The van der Waals surface area contributed by atoms with Crippen molar-refractivity contribution in [2.24, 2.45) is 0 Å². The van der Waals surface area contributed by atoms with Gasteiger partial charge in [-0.15, -0.1) is 0 Å². The van der Waals surface area contributed by atoms with Crippen molar-refractivity contribution >= 4 is 6.09 Å². The van der Waals surface area contributed by atoms with Gasteiger partial charge in [-0.25, -0.2) is 9.18 Å². The van der Waals surface area contributed by atoms with E-state index in [0.29, 0.717) is 0 Å². The van der Waals surface area contributed by atoms with Crippen molar-refractivity contribution in [1.82, 2.24) is 4.90 Å². The fourth-order valence-corrected chi connectivity index (χ4v) is 2.91. The van der Waals surface area contributed by atoms with Crippen molar-refractivity contribution < 1.29 is 13.9 Å². The second-order valence-electron chi connectivity index (χ2n) is 6.90. The molecule has 0 spiro atoms. The third-order valence-electron chi connectivity index (χ3n) is 3.79.